The normalized spacial score (nSPS) is 16.0. The van der Waals surface area contributed by atoms with Crippen LogP contribution >= 0.6 is 28.3 Å². The number of aryl methyl sites for hydroxylation is 1. The van der Waals surface area contributed by atoms with Crippen LogP contribution in [0.3, 0.4) is 0 Å². The van der Waals surface area contributed by atoms with Gasteiger partial charge in [-0.05, 0) is 50.5 Å². The van der Waals surface area contributed by atoms with Gasteiger partial charge in [-0.2, -0.15) is 4.98 Å². The van der Waals surface area contributed by atoms with Gasteiger partial charge < -0.3 is 10.3 Å². The van der Waals surface area contributed by atoms with Gasteiger partial charge in [-0.25, -0.2) is 0 Å². The quantitative estimate of drug-likeness (QED) is 0.706. The second-order valence-corrected chi connectivity index (χ2v) is 6.82. The molecule has 4 rings (SSSR count). The largest absolute Gasteiger partial charge is 0.334 e. The Morgan fingerprint density at radius 3 is 2.70 bits per heavy atom. The maximum Gasteiger partial charge on any atom is 0.258 e. The number of halogens is 2. The number of aromatic nitrogens is 3. The minimum absolute atomic E-state index is 0. The van der Waals surface area contributed by atoms with Crippen LogP contribution in [0.2, 0.25) is 0 Å². The summed E-state index contributed by atoms with van der Waals surface area (Å²) in [6.45, 7) is 1.96. The van der Waals surface area contributed by atoms with Crippen molar-refractivity contribution in [3.63, 3.8) is 0 Å². The van der Waals surface area contributed by atoms with Crippen LogP contribution in [-0.4, -0.2) is 15.1 Å². The van der Waals surface area contributed by atoms with Gasteiger partial charge in [0.15, 0.2) is 5.82 Å². The molecule has 0 amide bonds. The Kier molecular flexibility index (Phi) is 4.16. The summed E-state index contributed by atoms with van der Waals surface area (Å²) in [4.78, 5) is 9.10. The molecular weight excluding hydrogens is 380 g/mol. The third kappa shape index (κ3) is 2.75. The fourth-order valence-corrected chi connectivity index (χ4v) is 3.18. The smallest absolute Gasteiger partial charge is 0.258 e. The zero-order valence-electron chi connectivity index (χ0n) is 12.5. The van der Waals surface area contributed by atoms with Crippen molar-refractivity contribution >= 4 is 39.2 Å². The maximum absolute atomic E-state index is 6.28. The zero-order valence-corrected chi connectivity index (χ0v) is 14.9. The number of pyridine rings is 1. The molecule has 1 saturated carbocycles. The molecule has 2 aromatic heterocycles. The molecule has 2 heterocycles. The van der Waals surface area contributed by atoms with Gasteiger partial charge in [-0.15, -0.1) is 12.4 Å². The second-order valence-electron chi connectivity index (χ2n) is 5.91. The van der Waals surface area contributed by atoms with Gasteiger partial charge in [0.2, 0.25) is 0 Å². The number of rotatable bonds is 2. The Balaban J connectivity index is 0.00000156. The molecule has 5 nitrogen and oxygen atoms in total. The molecule has 0 radical (unpaired) electrons. The van der Waals surface area contributed by atoms with Crippen molar-refractivity contribution in [3.8, 4) is 11.5 Å². The number of nitrogens with zero attached hydrogens (tertiary/aromatic N) is 3. The topological polar surface area (TPSA) is 77.8 Å². The number of benzene rings is 1. The van der Waals surface area contributed by atoms with Gasteiger partial charge in [-0.3, -0.25) is 4.98 Å². The first-order valence-electron chi connectivity index (χ1n) is 7.25. The summed E-state index contributed by atoms with van der Waals surface area (Å²) in [6.07, 6.45) is 2.94. The summed E-state index contributed by atoms with van der Waals surface area (Å²) < 4.78 is 6.48. The molecule has 0 spiro atoms. The van der Waals surface area contributed by atoms with Crippen molar-refractivity contribution in [2.45, 2.75) is 31.7 Å². The summed E-state index contributed by atoms with van der Waals surface area (Å²) in [7, 11) is 0. The van der Waals surface area contributed by atoms with E-state index in [1.54, 1.807) is 0 Å². The van der Waals surface area contributed by atoms with E-state index in [1.807, 2.05) is 31.2 Å². The Morgan fingerprint density at radius 2 is 2.00 bits per heavy atom. The van der Waals surface area contributed by atoms with Crippen molar-refractivity contribution < 1.29 is 4.52 Å². The van der Waals surface area contributed by atoms with Crippen molar-refractivity contribution in [3.05, 3.63) is 40.3 Å². The van der Waals surface area contributed by atoms with E-state index in [0.29, 0.717) is 11.7 Å². The van der Waals surface area contributed by atoms with Crippen molar-refractivity contribution in [1.29, 1.82) is 0 Å². The van der Waals surface area contributed by atoms with E-state index in [0.717, 1.165) is 45.9 Å². The van der Waals surface area contributed by atoms with Crippen LogP contribution < -0.4 is 5.73 Å². The first-order valence-corrected chi connectivity index (χ1v) is 8.05. The highest BCUT2D eigenvalue weighted by Crippen LogP contribution is 2.38. The van der Waals surface area contributed by atoms with Crippen LogP contribution in [0.15, 0.2) is 33.3 Å². The third-order valence-corrected chi connectivity index (χ3v) is 4.74. The standard InChI is InChI=1S/C16H15BrN4O.ClH/c1-9-7-12(11-8-10(17)3-4-13(11)19-9)14-20-15(21-22-14)16(18)5-2-6-16;/h3-4,7-8H,2,5-6,18H2,1H3;1H. The van der Waals surface area contributed by atoms with Crippen molar-refractivity contribution in [1.82, 2.24) is 15.1 Å². The van der Waals surface area contributed by atoms with Crippen LogP contribution in [-0.2, 0) is 5.54 Å². The van der Waals surface area contributed by atoms with E-state index in [4.69, 9.17) is 10.3 Å². The molecule has 0 aliphatic heterocycles. The van der Waals surface area contributed by atoms with Crippen LogP contribution in [0.5, 0.6) is 0 Å². The van der Waals surface area contributed by atoms with Crippen LogP contribution in [0.25, 0.3) is 22.4 Å². The second kappa shape index (κ2) is 5.85. The van der Waals surface area contributed by atoms with E-state index < -0.39 is 5.54 Å². The average Bonchev–Trinajstić information content (AvgIpc) is 2.94. The molecule has 0 atom stereocenters. The van der Waals surface area contributed by atoms with Gasteiger partial charge in [0.05, 0.1) is 16.6 Å². The van der Waals surface area contributed by atoms with Gasteiger partial charge in [0.1, 0.15) is 0 Å². The van der Waals surface area contributed by atoms with Gasteiger partial charge in [0, 0.05) is 15.6 Å². The maximum atomic E-state index is 6.28. The molecule has 1 aromatic carbocycles. The molecule has 1 aliphatic carbocycles. The monoisotopic (exact) mass is 394 g/mol. The molecule has 23 heavy (non-hydrogen) atoms. The van der Waals surface area contributed by atoms with Crippen molar-refractivity contribution in [2.24, 2.45) is 5.73 Å². The van der Waals surface area contributed by atoms with Gasteiger partial charge in [-0.1, -0.05) is 21.1 Å². The molecular formula is C16H16BrClN4O. The third-order valence-electron chi connectivity index (χ3n) is 4.25. The molecule has 0 saturated heterocycles. The number of nitrogens with two attached hydrogens (primary N) is 1. The van der Waals surface area contributed by atoms with E-state index >= 15 is 0 Å². The Hall–Kier alpha value is -1.50. The van der Waals surface area contributed by atoms with Crippen LogP contribution in [0.4, 0.5) is 0 Å². The minimum Gasteiger partial charge on any atom is -0.334 e. The molecule has 7 heteroatoms. The molecule has 0 bridgehead atoms. The van der Waals surface area contributed by atoms with Crippen LogP contribution in [0, 0.1) is 6.92 Å². The highest BCUT2D eigenvalue weighted by atomic mass is 79.9. The molecule has 120 valence electrons. The fraction of sp³-hybridized carbons (Fsp3) is 0.312. The van der Waals surface area contributed by atoms with E-state index in [1.165, 1.54) is 0 Å². The molecule has 0 unspecified atom stereocenters. The highest BCUT2D eigenvalue weighted by molar-refractivity contribution is 9.10. The predicted molar refractivity (Wildman–Crippen MR) is 94.4 cm³/mol. The van der Waals surface area contributed by atoms with E-state index in [-0.39, 0.29) is 12.4 Å². The zero-order chi connectivity index (χ0) is 15.3. The summed E-state index contributed by atoms with van der Waals surface area (Å²) in [5, 5.41) is 5.08. The first-order chi connectivity index (χ1) is 10.5. The lowest BCUT2D eigenvalue weighted by Crippen LogP contribution is -2.44. The first kappa shape index (κ1) is 16.4. The number of hydrogen-bond acceptors (Lipinski definition) is 5. The SMILES string of the molecule is Cc1cc(-c2nc(C3(N)CCC3)no2)c2cc(Br)ccc2n1.Cl. The Labute approximate surface area is 148 Å². The average molecular weight is 396 g/mol. The fourth-order valence-electron chi connectivity index (χ4n) is 2.82. The lowest BCUT2D eigenvalue weighted by Gasteiger charge is -2.34. The van der Waals surface area contributed by atoms with E-state index in [9.17, 15) is 0 Å². The summed E-state index contributed by atoms with van der Waals surface area (Å²) in [5.41, 5.74) is 8.57. The minimum atomic E-state index is -0.416. The highest BCUT2D eigenvalue weighted by Gasteiger charge is 2.39. The number of fused-ring (bicyclic) bond motifs is 1. The Bertz CT molecular complexity index is 876. The number of hydrogen-bond donors (Lipinski definition) is 1. The molecule has 1 fully saturated rings. The van der Waals surface area contributed by atoms with Gasteiger partial charge in [0.25, 0.3) is 5.89 Å². The summed E-state index contributed by atoms with van der Waals surface area (Å²) in [5.74, 6) is 1.10. The summed E-state index contributed by atoms with van der Waals surface area (Å²) in [6, 6.07) is 7.93. The predicted octanol–water partition coefficient (Wildman–Crippen LogP) is 4.12. The van der Waals surface area contributed by atoms with Gasteiger partial charge >= 0.3 is 0 Å². The molecule has 2 N–H and O–H groups in total. The molecule has 1 aliphatic rings. The van der Waals surface area contributed by atoms with Crippen LogP contribution in [0.1, 0.15) is 30.8 Å². The lowest BCUT2D eigenvalue weighted by molar-refractivity contribution is 0.229. The lowest BCUT2D eigenvalue weighted by atomic mass is 9.77. The Morgan fingerprint density at radius 1 is 1.22 bits per heavy atom. The molecule has 3 aromatic rings. The summed E-state index contributed by atoms with van der Waals surface area (Å²) >= 11 is 3.50. The van der Waals surface area contributed by atoms with Crippen molar-refractivity contribution in [2.75, 3.05) is 0 Å². The van der Waals surface area contributed by atoms with E-state index in [2.05, 4.69) is 31.1 Å².